The van der Waals surface area contributed by atoms with E-state index >= 15 is 0 Å². The number of ether oxygens (including phenoxy) is 1. The monoisotopic (exact) mass is 291 g/mol. The van der Waals surface area contributed by atoms with Crippen molar-refractivity contribution < 1.29 is 17.9 Å². The van der Waals surface area contributed by atoms with Gasteiger partial charge in [-0.3, -0.25) is 4.72 Å². The number of hydrogen-bond acceptors (Lipinski definition) is 5. The third-order valence-corrected chi connectivity index (χ3v) is 4.85. The van der Waals surface area contributed by atoms with Crippen molar-refractivity contribution in [2.75, 3.05) is 17.1 Å². The molecule has 1 rings (SSSR count). The van der Waals surface area contributed by atoms with Gasteiger partial charge in [0, 0.05) is 4.88 Å². The fraction of sp³-hybridized carbons (Fsp3) is 0.545. The molecule has 1 aromatic heterocycles. The Morgan fingerprint density at radius 1 is 1.39 bits per heavy atom. The zero-order valence-electron chi connectivity index (χ0n) is 10.6. The van der Waals surface area contributed by atoms with Gasteiger partial charge in [-0.25, -0.2) is 13.2 Å². The van der Waals surface area contributed by atoms with Crippen molar-refractivity contribution in [2.45, 2.75) is 27.2 Å². The van der Waals surface area contributed by atoms with E-state index in [1.165, 1.54) is 11.3 Å². The molecule has 0 aliphatic carbocycles. The Kier molecular flexibility index (Phi) is 5.15. The SMILES string of the molecule is CCOC(=O)c1cc(CC)sc1NS(=O)(=O)CC. The van der Waals surface area contributed by atoms with Crippen LogP contribution in [0.4, 0.5) is 5.00 Å². The summed E-state index contributed by atoms with van der Waals surface area (Å²) < 4.78 is 30.4. The molecule has 1 aromatic rings. The standard InChI is InChI=1S/C11H17NO4S2/c1-4-8-7-9(11(13)16-5-2)10(17-8)12-18(14,15)6-3/h7,12H,4-6H2,1-3H3. The Labute approximate surface area is 111 Å². The summed E-state index contributed by atoms with van der Waals surface area (Å²) >= 11 is 1.26. The van der Waals surface area contributed by atoms with Crippen molar-refractivity contribution in [1.82, 2.24) is 0 Å². The number of aryl methyl sites for hydroxylation is 1. The van der Waals surface area contributed by atoms with Gasteiger partial charge in [-0.05, 0) is 26.3 Å². The average Bonchev–Trinajstić information content (AvgIpc) is 2.72. The van der Waals surface area contributed by atoms with Gasteiger partial charge in [0.1, 0.15) is 5.00 Å². The topological polar surface area (TPSA) is 72.5 Å². The second-order valence-corrected chi connectivity index (χ2v) is 6.68. The number of rotatable bonds is 6. The lowest BCUT2D eigenvalue weighted by Crippen LogP contribution is -2.16. The summed E-state index contributed by atoms with van der Waals surface area (Å²) in [4.78, 5) is 12.7. The first-order valence-electron chi connectivity index (χ1n) is 5.73. The van der Waals surface area contributed by atoms with E-state index in [-0.39, 0.29) is 17.9 Å². The van der Waals surface area contributed by atoms with Crippen LogP contribution in [0.5, 0.6) is 0 Å². The molecule has 102 valence electrons. The van der Waals surface area contributed by atoms with Crippen LogP contribution < -0.4 is 4.72 Å². The van der Waals surface area contributed by atoms with E-state index in [2.05, 4.69) is 4.72 Å². The minimum absolute atomic E-state index is 0.0331. The minimum Gasteiger partial charge on any atom is -0.462 e. The van der Waals surface area contributed by atoms with Crippen LogP contribution in [0.25, 0.3) is 0 Å². The third-order valence-electron chi connectivity index (χ3n) is 2.26. The van der Waals surface area contributed by atoms with Gasteiger partial charge >= 0.3 is 5.97 Å². The van der Waals surface area contributed by atoms with Gasteiger partial charge in [-0.1, -0.05) is 6.92 Å². The molecule has 1 N–H and O–H groups in total. The van der Waals surface area contributed by atoms with Crippen LogP contribution in [0.1, 0.15) is 36.0 Å². The van der Waals surface area contributed by atoms with Crippen LogP contribution in [0, 0.1) is 0 Å². The maximum Gasteiger partial charge on any atom is 0.341 e. The zero-order valence-corrected chi connectivity index (χ0v) is 12.3. The molecule has 0 aromatic carbocycles. The number of carbonyl (C=O) groups excluding carboxylic acids is 1. The van der Waals surface area contributed by atoms with Gasteiger partial charge in [-0.2, -0.15) is 0 Å². The van der Waals surface area contributed by atoms with Gasteiger partial charge in [0.25, 0.3) is 0 Å². The Morgan fingerprint density at radius 3 is 2.56 bits per heavy atom. The number of hydrogen-bond donors (Lipinski definition) is 1. The molecule has 0 radical (unpaired) electrons. The fourth-order valence-electron chi connectivity index (χ4n) is 1.27. The Balaban J connectivity index is 3.09. The molecule has 0 aliphatic rings. The van der Waals surface area contributed by atoms with Crippen molar-refractivity contribution in [1.29, 1.82) is 0 Å². The highest BCUT2D eigenvalue weighted by Crippen LogP contribution is 2.30. The summed E-state index contributed by atoms with van der Waals surface area (Å²) in [6.45, 7) is 5.45. The van der Waals surface area contributed by atoms with E-state index in [1.807, 2.05) is 6.92 Å². The molecule has 18 heavy (non-hydrogen) atoms. The summed E-state index contributed by atoms with van der Waals surface area (Å²) in [7, 11) is -3.39. The minimum atomic E-state index is -3.39. The molecule has 1 heterocycles. The van der Waals surface area contributed by atoms with Crippen LogP contribution in [-0.2, 0) is 21.2 Å². The molecule has 0 spiro atoms. The second-order valence-electron chi connectivity index (χ2n) is 3.54. The Hall–Kier alpha value is -1.08. The van der Waals surface area contributed by atoms with E-state index in [1.54, 1.807) is 19.9 Å². The van der Waals surface area contributed by atoms with E-state index in [4.69, 9.17) is 4.74 Å². The van der Waals surface area contributed by atoms with Crippen LogP contribution >= 0.6 is 11.3 Å². The molecule has 0 bridgehead atoms. The molecule has 0 atom stereocenters. The highest BCUT2D eigenvalue weighted by molar-refractivity contribution is 7.92. The third kappa shape index (κ3) is 3.71. The first-order chi connectivity index (χ1) is 8.43. The maximum absolute atomic E-state index is 11.7. The molecule has 0 unspecified atom stereocenters. The summed E-state index contributed by atoms with van der Waals surface area (Å²) in [5.41, 5.74) is 0.288. The predicted molar refractivity (Wildman–Crippen MR) is 72.7 cm³/mol. The number of nitrogens with one attached hydrogen (secondary N) is 1. The molecular weight excluding hydrogens is 274 g/mol. The van der Waals surface area contributed by atoms with E-state index in [0.717, 1.165) is 11.3 Å². The number of thiophene rings is 1. The molecule has 5 nitrogen and oxygen atoms in total. The lowest BCUT2D eigenvalue weighted by Gasteiger charge is -2.06. The average molecular weight is 291 g/mol. The van der Waals surface area contributed by atoms with Crippen molar-refractivity contribution in [3.05, 3.63) is 16.5 Å². The summed E-state index contributed by atoms with van der Waals surface area (Å²) in [5.74, 6) is -0.531. The fourth-order valence-corrected chi connectivity index (χ4v) is 3.19. The molecule has 7 heteroatoms. The van der Waals surface area contributed by atoms with Crippen molar-refractivity contribution in [2.24, 2.45) is 0 Å². The molecule has 0 aliphatic heterocycles. The van der Waals surface area contributed by atoms with Gasteiger partial charge < -0.3 is 4.74 Å². The van der Waals surface area contributed by atoms with Gasteiger partial charge in [0.05, 0.1) is 17.9 Å². The number of carbonyl (C=O) groups is 1. The number of sulfonamides is 1. The quantitative estimate of drug-likeness (QED) is 0.816. The second kappa shape index (κ2) is 6.19. The van der Waals surface area contributed by atoms with Gasteiger partial charge in [-0.15, -0.1) is 11.3 Å². The summed E-state index contributed by atoms with van der Waals surface area (Å²) in [5, 5.41) is 0.340. The van der Waals surface area contributed by atoms with Crippen LogP contribution in [0.3, 0.4) is 0 Å². The molecule has 0 fully saturated rings. The first-order valence-corrected chi connectivity index (χ1v) is 8.20. The summed E-state index contributed by atoms with van der Waals surface area (Å²) in [6.07, 6.45) is 0.741. The van der Waals surface area contributed by atoms with E-state index in [9.17, 15) is 13.2 Å². The largest absolute Gasteiger partial charge is 0.462 e. The highest BCUT2D eigenvalue weighted by Gasteiger charge is 2.20. The Morgan fingerprint density at radius 2 is 2.06 bits per heavy atom. The predicted octanol–water partition coefficient (Wildman–Crippen LogP) is 2.25. The first kappa shape index (κ1) is 15.0. The van der Waals surface area contributed by atoms with Crippen molar-refractivity contribution in [3.8, 4) is 0 Å². The highest BCUT2D eigenvalue weighted by atomic mass is 32.2. The van der Waals surface area contributed by atoms with E-state index < -0.39 is 16.0 Å². The van der Waals surface area contributed by atoms with E-state index in [0.29, 0.717) is 5.00 Å². The number of anilines is 1. The van der Waals surface area contributed by atoms with Crippen LogP contribution in [0.15, 0.2) is 6.07 Å². The molecule has 0 saturated heterocycles. The summed E-state index contributed by atoms with van der Waals surface area (Å²) in [6, 6.07) is 1.68. The zero-order chi connectivity index (χ0) is 13.8. The van der Waals surface area contributed by atoms with Crippen LogP contribution in [0.2, 0.25) is 0 Å². The smallest absolute Gasteiger partial charge is 0.341 e. The van der Waals surface area contributed by atoms with Gasteiger partial charge in [0.15, 0.2) is 0 Å². The lowest BCUT2D eigenvalue weighted by molar-refractivity contribution is 0.0528. The van der Waals surface area contributed by atoms with Crippen molar-refractivity contribution >= 4 is 32.3 Å². The molecular formula is C11H17NO4S2. The van der Waals surface area contributed by atoms with Crippen molar-refractivity contribution in [3.63, 3.8) is 0 Å². The Bertz CT molecular complexity index is 519. The van der Waals surface area contributed by atoms with Gasteiger partial charge in [0.2, 0.25) is 10.0 Å². The lowest BCUT2D eigenvalue weighted by atomic mass is 10.2. The van der Waals surface area contributed by atoms with Crippen LogP contribution in [-0.4, -0.2) is 26.7 Å². The normalized spacial score (nSPS) is 11.3. The number of esters is 1. The maximum atomic E-state index is 11.7. The molecule has 0 amide bonds. The molecule has 0 saturated carbocycles.